The first-order valence-corrected chi connectivity index (χ1v) is 11.7. The van der Waals surface area contributed by atoms with Crippen molar-refractivity contribution in [2.45, 2.75) is 13.5 Å². The Morgan fingerprint density at radius 2 is 1.86 bits per heavy atom. The molecule has 0 atom stereocenters. The maximum Gasteiger partial charge on any atom is 0.293 e. The Labute approximate surface area is 210 Å². The molecule has 1 aliphatic heterocycles. The van der Waals surface area contributed by atoms with Crippen LogP contribution in [0.2, 0.25) is 0 Å². The molecule has 0 aliphatic carbocycles. The van der Waals surface area contributed by atoms with Crippen molar-refractivity contribution in [3.63, 3.8) is 0 Å². The molecule has 0 aromatic heterocycles. The van der Waals surface area contributed by atoms with E-state index in [0.29, 0.717) is 17.0 Å². The molecule has 10 heteroatoms. The van der Waals surface area contributed by atoms with Gasteiger partial charge in [-0.2, -0.15) is 0 Å². The fourth-order valence-corrected chi connectivity index (χ4v) is 4.38. The van der Waals surface area contributed by atoms with Gasteiger partial charge in [0.25, 0.3) is 22.7 Å². The van der Waals surface area contributed by atoms with Crippen molar-refractivity contribution in [3.05, 3.63) is 105 Å². The van der Waals surface area contributed by atoms with E-state index in [1.807, 2.05) is 25.1 Å². The Morgan fingerprint density at radius 1 is 1.08 bits per heavy atom. The number of aryl methyl sites for hydroxylation is 1. The highest BCUT2D eigenvalue weighted by Crippen LogP contribution is 2.34. The van der Waals surface area contributed by atoms with Crippen LogP contribution in [0.3, 0.4) is 0 Å². The quantitative estimate of drug-likeness (QED) is 0.256. The van der Waals surface area contributed by atoms with Gasteiger partial charge in [0.1, 0.15) is 5.75 Å². The number of thioether (sulfide) groups is 1. The number of benzene rings is 3. The highest BCUT2D eigenvalue weighted by atomic mass is 32.2. The molecule has 36 heavy (non-hydrogen) atoms. The van der Waals surface area contributed by atoms with E-state index < -0.39 is 16.1 Å². The largest absolute Gasteiger partial charge is 0.484 e. The van der Waals surface area contributed by atoms with E-state index in [1.54, 1.807) is 42.5 Å². The molecular weight excluding hydrogens is 482 g/mol. The number of nitro groups is 1. The van der Waals surface area contributed by atoms with Gasteiger partial charge < -0.3 is 10.1 Å². The lowest BCUT2D eigenvalue weighted by molar-refractivity contribution is -0.385. The zero-order valence-electron chi connectivity index (χ0n) is 19.2. The van der Waals surface area contributed by atoms with Crippen LogP contribution < -0.4 is 10.1 Å². The number of carbonyl (C=O) groups is 3. The van der Waals surface area contributed by atoms with Gasteiger partial charge in [0.2, 0.25) is 0 Å². The molecule has 0 unspecified atom stereocenters. The monoisotopic (exact) mass is 503 g/mol. The van der Waals surface area contributed by atoms with E-state index >= 15 is 0 Å². The van der Waals surface area contributed by atoms with E-state index in [-0.39, 0.29) is 35.2 Å². The smallest absolute Gasteiger partial charge is 0.293 e. The van der Waals surface area contributed by atoms with Crippen LogP contribution in [0.15, 0.2) is 77.7 Å². The summed E-state index contributed by atoms with van der Waals surface area (Å²) in [5.41, 5.74) is 2.41. The van der Waals surface area contributed by atoms with Crippen molar-refractivity contribution in [3.8, 4) is 5.75 Å². The summed E-state index contributed by atoms with van der Waals surface area (Å²) in [4.78, 5) is 49.4. The SMILES string of the molecule is Cc1cccc(NC(=O)COc2cccc(/C=C3\SC(=O)N(Cc4ccccc4[N+](=O)[O-])C3=O)c2)c1. The van der Waals surface area contributed by atoms with Crippen molar-refractivity contribution < 1.29 is 24.0 Å². The van der Waals surface area contributed by atoms with Crippen LogP contribution >= 0.6 is 11.8 Å². The zero-order chi connectivity index (χ0) is 25.7. The van der Waals surface area contributed by atoms with Gasteiger partial charge in [-0.15, -0.1) is 0 Å². The Kier molecular flexibility index (Phi) is 7.45. The Morgan fingerprint density at radius 3 is 2.64 bits per heavy atom. The molecule has 1 heterocycles. The summed E-state index contributed by atoms with van der Waals surface area (Å²) in [5.74, 6) is -0.434. The predicted octanol–water partition coefficient (Wildman–Crippen LogP) is 5.16. The number of nitrogens with one attached hydrogen (secondary N) is 1. The van der Waals surface area contributed by atoms with E-state index in [2.05, 4.69) is 5.32 Å². The number of para-hydroxylation sites is 1. The molecule has 1 aliphatic rings. The maximum atomic E-state index is 12.9. The number of ether oxygens (including phenoxy) is 1. The fourth-order valence-electron chi connectivity index (χ4n) is 3.54. The normalized spacial score (nSPS) is 14.2. The number of nitrogens with zero attached hydrogens (tertiary/aromatic N) is 2. The summed E-state index contributed by atoms with van der Waals surface area (Å²) in [7, 11) is 0. The van der Waals surface area contributed by atoms with Gasteiger partial charge in [0.05, 0.1) is 16.4 Å². The first-order chi connectivity index (χ1) is 17.3. The molecule has 1 N–H and O–H groups in total. The number of anilines is 1. The second-order valence-electron chi connectivity index (χ2n) is 7.93. The number of imide groups is 1. The second kappa shape index (κ2) is 10.9. The van der Waals surface area contributed by atoms with Gasteiger partial charge >= 0.3 is 0 Å². The van der Waals surface area contributed by atoms with Crippen molar-refractivity contribution in [2.24, 2.45) is 0 Å². The van der Waals surface area contributed by atoms with Crippen LogP contribution in [0.4, 0.5) is 16.2 Å². The van der Waals surface area contributed by atoms with Crippen molar-refractivity contribution in [1.29, 1.82) is 0 Å². The molecule has 1 fully saturated rings. The summed E-state index contributed by atoms with van der Waals surface area (Å²) < 4.78 is 5.58. The van der Waals surface area contributed by atoms with Crippen molar-refractivity contribution in [2.75, 3.05) is 11.9 Å². The average molecular weight is 504 g/mol. The Bertz CT molecular complexity index is 1390. The third kappa shape index (κ3) is 5.97. The lowest BCUT2D eigenvalue weighted by Crippen LogP contribution is -2.27. The number of hydrogen-bond donors (Lipinski definition) is 1. The van der Waals surface area contributed by atoms with Gasteiger partial charge in [0.15, 0.2) is 6.61 Å². The van der Waals surface area contributed by atoms with E-state index in [4.69, 9.17) is 4.74 Å². The van der Waals surface area contributed by atoms with Crippen LogP contribution in [-0.2, 0) is 16.1 Å². The van der Waals surface area contributed by atoms with Gasteiger partial charge in [-0.05, 0) is 60.2 Å². The summed E-state index contributed by atoms with van der Waals surface area (Å²) in [6.07, 6.45) is 1.55. The van der Waals surface area contributed by atoms with E-state index in [0.717, 1.165) is 22.2 Å². The van der Waals surface area contributed by atoms with E-state index in [1.165, 1.54) is 18.2 Å². The van der Waals surface area contributed by atoms with Crippen LogP contribution in [0.25, 0.3) is 6.08 Å². The minimum Gasteiger partial charge on any atom is -0.484 e. The standard InChI is InChI=1S/C26H21N3O6S/c1-17-6-4-9-20(12-17)27-24(30)16-35-21-10-5-7-18(13-21)14-23-25(31)28(26(32)36-23)15-19-8-2-3-11-22(19)29(33)34/h2-14H,15-16H2,1H3,(H,27,30)/b23-14-. The topological polar surface area (TPSA) is 119 Å². The van der Waals surface area contributed by atoms with Gasteiger partial charge in [-0.25, -0.2) is 0 Å². The van der Waals surface area contributed by atoms with Crippen LogP contribution in [0, 0.1) is 17.0 Å². The predicted molar refractivity (Wildman–Crippen MR) is 136 cm³/mol. The summed E-state index contributed by atoms with van der Waals surface area (Å²) in [6.45, 7) is 1.53. The fraction of sp³-hybridized carbons (Fsp3) is 0.115. The molecule has 0 bridgehead atoms. The number of carbonyl (C=O) groups excluding carboxylic acids is 3. The van der Waals surface area contributed by atoms with Crippen molar-refractivity contribution >= 4 is 46.3 Å². The highest BCUT2D eigenvalue weighted by molar-refractivity contribution is 8.18. The first-order valence-electron chi connectivity index (χ1n) is 10.9. The molecule has 0 radical (unpaired) electrons. The molecule has 0 spiro atoms. The summed E-state index contributed by atoms with van der Waals surface area (Å²) in [5, 5.41) is 13.5. The van der Waals surface area contributed by atoms with E-state index in [9.17, 15) is 24.5 Å². The molecule has 3 aromatic rings. The molecule has 9 nitrogen and oxygen atoms in total. The maximum absolute atomic E-state index is 12.9. The lowest BCUT2D eigenvalue weighted by atomic mass is 10.1. The summed E-state index contributed by atoms with van der Waals surface area (Å²) in [6, 6.07) is 20.2. The minimum atomic E-state index is -0.545. The Balaban J connectivity index is 1.41. The highest BCUT2D eigenvalue weighted by Gasteiger charge is 2.36. The molecule has 1 saturated heterocycles. The van der Waals surface area contributed by atoms with Gasteiger partial charge in [-0.3, -0.25) is 29.4 Å². The summed E-state index contributed by atoms with van der Waals surface area (Å²) >= 11 is 0.760. The number of nitro benzene ring substituents is 1. The molecule has 182 valence electrons. The first kappa shape index (κ1) is 24.7. The number of hydrogen-bond acceptors (Lipinski definition) is 7. The number of rotatable bonds is 8. The minimum absolute atomic E-state index is 0.156. The van der Waals surface area contributed by atoms with Crippen LogP contribution in [0.1, 0.15) is 16.7 Å². The van der Waals surface area contributed by atoms with Crippen LogP contribution in [-0.4, -0.2) is 33.5 Å². The molecular formula is C26H21N3O6S. The van der Waals surface area contributed by atoms with Gasteiger partial charge in [0, 0.05) is 17.3 Å². The van der Waals surface area contributed by atoms with Crippen LogP contribution in [0.5, 0.6) is 5.75 Å². The molecule has 3 amide bonds. The zero-order valence-corrected chi connectivity index (χ0v) is 20.0. The molecule has 4 rings (SSSR count). The number of amides is 3. The third-order valence-electron chi connectivity index (χ3n) is 5.22. The van der Waals surface area contributed by atoms with Crippen molar-refractivity contribution in [1.82, 2.24) is 4.90 Å². The van der Waals surface area contributed by atoms with Gasteiger partial charge in [-0.1, -0.05) is 42.5 Å². The average Bonchev–Trinajstić information content (AvgIpc) is 3.10. The second-order valence-corrected chi connectivity index (χ2v) is 8.93. The lowest BCUT2D eigenvalue weighted by Gasteiger charge is -2.12. The molecule has 3 aromatic carbocycles. The third-order valence-corrected chi connectivity index (χ3v) is 6.13. The Hall–Kier alpha value is -4.44. The molecule has 0 saturated carbocycles.